The van der Waals surface area contributed by atoms with Crippen LogP contribution in [-0.4, -0.2) is 13.8 Å². The van der Waals surface area contributed by atoms with Gasteiger partial charge in [0.1, 0.15) is 11.2 Å². The first-order valence-electron chi connectivity index (χ1n) is 13.2. The molecule has 0 unspecified atom stereocenters. The number of benzene rings is 5. The number of para-hydroxylation sites is 1. The maximum atomic E-state index is 6.74. The molecule has 1 aromatic heterocycles. The summed E-state index contributed by atoms with van der Waals surface area (Å²) in [7, 11) is -2.72. The van der Waals surface area contributed by atoms with Gasteiger partial charge in [-0.25, -0.2) is 0 Å². The molecule has 6 aromatic rings. The molecule has 0 radical (unpaired) electrons. The van der Waals surface area contributed by atoms with Crippen LogP contribution in [0.2, 0.25) is 0 Å². The molecule has 0 bridgehead atoms. The molecule has 0 amide bonds. The van der Waals surface area contributed by atoms with Crippen LogP contribution in [-0.2, 0) is 0 Å². The smallest absolute Gasteiger partial charge is 0.184 e. The molecule has 1 heterocycles. The number of aliphatic imine (C=N–C) groups is 1. The molecule has 6 rings (SSSR count). The Bertz CT molecular complexity index is 1720. The second kappa shape index (κ2) is 10.6. The average Bonchev–Trinajstić information content (AvgIpc) is 3.37. The summed E-state index contributed by atoms with van der Waals surface area (Å²) in [6.07, 6.45) is 5.62. The summed E-state index contributed by atoms with van der Waals surface area (Å²) >= 11 is 0. The molecular formula is C36H29NOSi. The van der Waals surface area contributed by atoms with E-state index in [1.807, 2.05) is 31.2 Å². The molecule has 0 saturated carbocycles. The van der Waals surface area contributed by atoms with E-state index in [-0.39, 0.29) is 0 Å². The number of hydrogen-bond acceptors (Lipinski definition) is 2. The third-order valence-corrected chi connectivity index (χ3v) is 12.1. The summed E-state index contributed by atoms with van der Waals surface area (Å²) < 4.78 is 6.74. The van der Waals surface area contributed by atoms with Crippen LogP contribution in [0.3, 0.4) is 0 Å². The number of furan rings is 1. The summed E-state index contributed by atoms with van der Waals surface area (Å²) in [6, 6.07) is 45.6. The Kier molecular flexibility index (Phi) is 6.66. The topological polar surface area (TPSA) is 25.5 Å². The van der Waals surface area contributed by atoms with Gasteiger partial charge in [0.15, 0.2) is 8.07 Å². The third kappa shape index (κ3) is 4.37. The van der Waals surface area contributed by atoms with Crippen molar-refractivity contribution in [3.63, 3.8) is 0 Å². The van der Waals surface area contributed by atoms with Gasteiger partial charge in [-0.1, -0.05) is 128 Å². The first-order chi connectivity index (χ1) is 19.2. The molecule has 188 valence electrons. The fourth-order valence-electron chi connectivity index (χ4n) is 5.63. The largest absolute Gasteiger partial charge is 0.456 e. The Hall–Kier alpha value is -4.73. The fourth-order valence-corrected chi connectivity index (χ4v) is 10.5. The highest BCUT2D eigenvalue weighted by Gasteiger charge is 2.43. The summed E-state index contributed by atoms with van der Waals surface area (Å²) in [4.78, 5) is 4.80. The standard InChI is InChI=1S/C36H29NOSi/c1-3-4-15-27(2)37-28-24-25-34-33(26-28)32-22-14-23-35(36(32)38-34)39(29-16-8-5-9-17-29,30-18-10-6-11-19-30)31-20-12-7-13-21-31/h3-26H,1H2,2H3/b15-4-,37-27?. The van der Waals surface area contributed by atoms with Crippen LogP contribution in [0.1, 0.15) is 6.92 Å². The van der Waals surface area contributed by atoms with E-state index < -0.39 is 8.07 Å². The molecule has 0 fully saturated rings. The quantitative estimate of drug-likeness (QED) is 0.0986. The Morgan fingerprint density at radius 1 is 0.692 bits per heavy atom. The van der Waals surface area contributed by atoms with Gasteiger partial charge in [0.2, 0.25) is 0 Å². The molecule has 2 nitrogen and oxygen atoms in total. The van der Waals surface area contributed by atoms with Gasteiger partial charge < -0.3 is 4.42 Å². The Morgan fingerprint density at radius 3 is 1.85 bits per heavy atom. The van der Waals surface area contributed by atoms with Crippen LogP contribution in [0.25, 0.3) is 21.9 Å². The molecule has 0 aliphatic heterocycles. The number of hydrogen-bond donors (Lipinski definition) is 0. The zero-order chi connectivity index (χ0) is 26.7. The van der Waals surface area contributed by atoms with Crippen molar-refractivity contribution in [3.8, 4) is 0 Å². The molecule has 0 N–H and O–H groups in total. The molecule has 0 atom stereocenters. The zero-order valence-corrected chi connectivity index (χ0v) is 22.9. The lowest BCUT2D eigenvalue weighted by molar-refractivity contribution is 0.671. The van der Waals surface area contributed by atoms with Gasteiger partial charge in [0.05, 0.1) is 5.69 Å². The van der Waals surface area contributed by atoms with E-state index in [0.29, 0.717) is 0 Å². The van der Waals surface area contributed by atoms with Crippen molar-refractivity contribution >= 4 is 62.2 Å². The van der Waals surface area contributed by atoms with E-state index in [1.54, 1.807) is 6.08 Å². The maximum absolute atomic E-state index is 6.74. The van der Waals surface area contributed by atoms with Crippen LogP contribution in [0.15, 0.2) is 162 Å². The van der Waals surface area contributed by atoms with E-state index >= 15 is 0 Å². The van der Waals surface area contributed by atoms with Gasteiger partial charge in [-0.15, -0.1) is 0 Å². The number of rotatable bonds is 7. The Balaban J connectivity index is 1.68. The van der Waals surface area contributed by atoms with Gasteiger partial charge in [0, 0.05) is 16.5 Å². The van der Waals surface area contributed by atoms with Crippen LogP contribution < -0.4 is 20.7 Å². The monoisotopic (exact) mass is 519 g/mol. The predicted octanol–water partition coefficient (Wildman–Crippen LogP) is 6.80. The summed E-state index contributed by atoms with van der Waals surface area (Å²) in [5.41, 5.74) is 3.64. The number of nitrogens with zero attached hydrogens (tertiary/aromatic N) is 1. The van der Waals surface area contributed by atoms with Crippen molar-refractivity contribution in [2.24, 2.45) is 4.99 Å². The van der Waals surface area contributed by atoms with Crippen LogP contribution >= 0.6 is 0 Å². The minimum Gasteiger partial charge on any atom is -0.456 e. The average molecular weight is 520 g/mol. The molecule has 0 saturated heterocycles. The molecule has 0 aliphatic carbocycles. The highest BCUT2D eigenvalue weighted by molar-refractivity contribution is 7.20. The molecule has 39 heavy (non-hydrogen) atoms. The highest BCUT2D eigenvalue weighted by Crippen LogP contribution is 2.32. The van der Waals surface area contributed by atoms with Crippen molar-refractivity contribution < 1.29 is 4.42 Å². The minimum atomic E-state index is -2.72. The van der Waals surface area contributed by atoms with Gasteiger partial charge in [0.25, 0.3) is 0 Å². The Labute approximate surface area is 230 Å². The highest BCUT2D eigenvalue weighted by atomic mass is 28.3. The lowest BCUT2D eigenvalue weighted by Gasteiger charge is -2.34. The van der Waals surface area contributed by atoms with E-state index in [0.717, 1.165) is 33.3 Å². The van der Waals surface area contributed by atoms with Gasteiger partial charge in [-0.05, 0) is 51.9 Å². The van der Waals surface area contributed by atoms with Crippen molar-refractivity contribution in [1.29, 1.82) is 0 Å². The summed E-state index contributed by atoms with van der Waals surface area (Å²) in [6.45, 7) is 5.75. The van der Waals surface area contributed by atoms with Gasteiger partial charge in [-0.3, -0.25) is 4.99 Å². The zero-order valence-electron chi connectivity index (χ0n) is 21.9. The van der Waals surface area contributed by atoms with Crippen molar-refractivity contribution in [2.45, 2.75) is 6.92 Å². The third-order valence-electron chi connectivity index (χ3n) is 7.28. The fraction of sp³-hybridized carbons (Fsp3) is 0.0278. The number of fused-ring (bicyclic) bond motifs is 3. The van der Waals surface area contributed by atoms with Crippen molar-refractivity contribution in [3.05, 3.63) is 152 Å². The van der Waals surface area contributed by atoms with E-state index in [9.17, 15) is 0 Å². The first kappa shape index (κ1) is 24.6. The number of allylic oxidation sites excluding steroid dienone is 3. The van der Waals surface area contributed by atoms with Gasteiger partial charge in [-0.2, -0.15) is 0 Å². The minimum absolute atomic E-state index is 0.868. The first-order valence-corrected chi connectivity index (χ1v) is 15.2. The van der Waals surface area contributed by atoms with E-state index in [1.165, 1.54) is 20.7 Å². The lowest BCUT2D eigenvalue weighted by atomic mass is 10.1. The SMILES string of the molecule is C=C/C=C\C(C)=Nc1ccc2oc3c([Si](c4ccccc4)(c4ccccc4)c4ccccc4)cccc3c2c1. The molecule has 0 spiro atoms. The second-order valence-electron chi connectivity index (χ2n) is 9.66. The molecule has 0 aliphatic rings. The van der Waals surface area contributed by atoms with Gasteiger partial charge >= 0.3 is 0 Å². The normalized spacial score (nSPS) is 12.4. The molecular weight excluding hydrogens is 490 g/mol. The predicted molar refractivity (Wildman–Crippen MR) is 169 cm³/mol. The Morgan fingerprint density at radius 2 is 1.28 bits per heavy atom. The summed E-state index contributed by atoms with van der Waals surface area (Å²) in [5.74, 6) is 0. The summed E-state index contributed by atoms with van der Waals surface area (Å²) in [5, 5.41) is 7.40. The van der Waals surface area contributed by atoms with E-state index in [2.05, 4.69) is 122 Å². The van der Waals surface area contributed by atoms with Crippen molar-refractivity contribution in [1.82, 2.24) is 0 Å². The van der Waals surface area contributed by atoms with Crippen LogP contribution in [0.4, 0.5) is 5.69 Å². The van der Waals surface area contributed by atoms with Crippen LogP contribution in [0, 0.1) is 0 Å². The lowest BCUT2D eigenvalue weighted by Crippen LogP contribution is -2.74. The van der Waals surface area contributed by atoms with E-state index in [4.69, 9.17) is 9.41 Å². The molecule has 3 heteroatoms. The van der Waals surface area contributed by atoms with Crippen LogP contribution in [0.5, 0.6) is 0 Å². The maximum Gasteiger partial charge on any atom is 0.184 e. The molecule has 5 aromatic carbocycles. The van der Waals surface area contributed by atoms with Crippen molar-refractivity contribution in [2.75, 3.05) is 0 Å². The second-order valence-corrected chi connectivity index (χ2v) is 13.4.